The van der Waals surface area contributed by atoms with Gasteiger partial charge in [-0.3, -0.25) is 4.90 Å². The van der Waals surface area contributed by atoms with Crippen LogP contribution in [0.1, 0.15) is 58.6 Å². The van der Waals surface area contributed by atoms with Gasteiger partial charge in [-0.05, 0) is 18.1 Å². The fraction of sp³-hybridized carbons (Fsp3) is 0.684. The molecule has 1 N–H and O–H groups in total. The smallest absolute Gasteiger partial charge is 0.0360 e. The van der Waals surface area contributed by atoms with E-state index in [-0.39, 0.29) is 29.6 Å². The van der Waals surface area contributed by atoms with Crippen LogP contribution in [0.25, 0.3) is 0 Å². The average molecular weight is 393 g/mol. The van der Waals surface area contributed by atoms with Gasteiger partial charge in [0.2, 0.25) is 0 Å². The molecule has 0 aliphatic carbocycles. The number of piperazine rings is 1. The molecule has 0 unspecified atom stereocenters. The van der Waals surface area contributed by atoms with Crippen molar-refractivity contribution in [3.05, 3.63) is 29.8 Å². The second-order valence-electron chi connectivity index (χ2n) is 7.20. The summed E-state index contributed by atoms with van der Waals surface area (Å²) in [5.74, 6) is 0. The summed E-state index contributed by atoms with van der Waals surface area (Å²) in [5.41, 5.74) is 1.54. The number of nitrogens with one attached hydrogen (secondary N) is 1. The van der Waals surface area contributed by atoms with Crippen molar-refractivity contribution in [2.75, 3.05) is 26.2 Å². The van der Waals surface area contributed by atoms with E-state index in [9.17, 15) is 0 Å². The Hall–Kier alpha value is 0.0700. The quantitative estimate of drug-likeness (QED) is 0.637. The van der Waals surface area contributed by atoms with E-state index in [1.54, 1.807) is 0 Å². The number of unbranched alkanes of at least 4 members (excludes halogenated alkanes) is 1. The SMILES string of the molecule is CCCC[C@@H](c1ccccc1SC(C)(C)C)N1CCNCC1.Cl.Cl. The molecule has 1 heterocycles. The summed E-state index contributed by atoms with van der Waals surface area (Å²) in [6.07, 6.45) is 3.86. The van der Waals surface area contributed by atoms with Crippen molar-refractivity contribution < 1.29 is 0 Å². The maximum atomic E-state index is 3.48. The number of hydrogen-bond donors (Lipinski definition) is 1. The van der Waals surface area contributed by atoms with Gasteiger partial charge < -0.3 is 5.32 Å². The van der Waals surface area contributed by atoms with Crippen LogP contribution in [0.2, 0.25) is 0 Å². The summed E-state index contributed by atoms with van der Waals surface area (Å²) in [5, 5.41) is 3.48. The van der Waals surface area contributed by atoms with Crippen molar-refractivity contribution in [1.29, 1.82) is 0 Å². The number of benzene rings is 1. The lowest BCUT2D eigenvalue weighted by Crippen LogP contribution is -2.45. The summed E-state index contributed by atoms with van der Waals surface area (Å²) in [7, 11) is 0. The molecular formula is C19H34Cl2N2S. The van der Waals surface area contributed by atoms with Crippen molar-refractivity contribution >= 4 is 36.6 Å². The standard InChI is InChI=1S/C19H32N2S.2ClH/c1-5-6-10-17(21-14-12-20-13-15-21)16-9-7-8-11-18(16)22-19(2,3)4;;/h7-9,11,17,20H,5-6,10,12-15H2,1-4H3;2*1H/t17-;;/m0../s1. The van der Waals surface area contributed by atoms with Crippen molar-refractivity contribution in [1.82, 2.24) is 10.2 Å². The molecule has 140 valence electrons. The number of hydrogen-bond acceptors (Lipinski definition) is 3. The number of nitrogens with zero attached hydrogens (tertiary/aromatic N) is 1. The Morgan fingerprint density at radius 2 is 1.75 bits per heavy atom. The summed E-state index contributed by atoms with van der Waals surface area (Å²) in [4.78, 5) is 4.16. The van der Waals surface area contributed by atoms with E-state index < -0.39 is 0 Å². The van der Waals surface area contributed by atoms with E-state index in [1.165, 1.54) is 42.8 Å². The highest BCUT2D eigenvalue weighted by atomic mass is 35.5. The Morgan fingerprint density at radius 1 is 1.12 bits per heavy atom. The highest BCUT2D eigenvalue weighted by Crippen LogP contribution is 2.39. The Labute approximate surface area is 165 Å². The Kier molecular flexibility index (Phi) is 11.7. The van der Waals surface area contributed by atoms with Crippen molar-refractivity contribution in [2.24, 2.45) is 0 Å². The van der Waals surface area contributed by atoms with E-state index in [0.29, 0.717) is 6.04 Å². The van der Waals surface area contributed by atoms with E-state index in [4.69, 9.17) is 0 Å². The molecule has 0 aromatic heterocycles. The predicted molar refractivity (Wildman–Crippen MR) is 113 cm³/mol. The minimum atomic E-state index is 0. The molecule has 1 aromatic rings. The van der Waals surface area contributed by atoms with Crippen LogP contribution in [0.5, 0.6) is 0 Å². The fourth-order valence-corrected chi connectivity index (χ4v) is 4.23. The first-order valence-electron chi connectivity index (χ1n) is 8.74. The Bertz CT molecular complexity index is 457. The fourth-order valence-electron chi connectivity index (χ4n) is 3.10. The molecule has 5 heteroatoms. The van der Waals surface area contributed by atoms with Crippen LogP contribution < -0.4 is 5.32 Å². The van der Waals surface area contributed by atoms with E-state index >= 15 is 0 Å². The first kappa shape index (κ1) is 24.1. The molecule has 0 saturated carbocycles. The topological polar surface area (TPSA) is 15.3 Å². The van der Waals surface area contributed by atoms with Gasteiger partial charge in [-0.1, -0.05) is 58.7 Å². The lowest BCUT2D eigenvalue weighted by molar-refractivity contribution is 0.161. The Morgan fingerprint density at radius 3 is 2.33 bits per heavy atom. The molecule has 1 aromatic carbocycles. The van der Waals surface area contributed by atoms with Crippen LogP contribution in [-0.2, 0) is 0 Å². The second kappa shape index (κ2) is 11.6. The summed E-state index contributed by atoms with van der Waals surface area (Å²) in [6, 6.07) is 9.64. The Balaban J connectivity index is 0.00000264. The van der Waals surface area contributed by atoms with Gasteiger partial charge in [-0.15, -0.1) is 36.6 Å². The normalized spacial score (nSPS) is 16.8. The van der Waals surface area contributed by atoms with Gasteiger partial charge in [-0.25, -0.2) is 0 Å². The molecule has 0 radical (unpaired) electrons. The van der Waals surface area contributed by atoms with Gasteiger partial charge in [0.15, 0.2) is 0 Å². The lowest BCUT2D eigenvalue weighted by atomic mass is 9.98. The van der Waals surface area contributed by atoms with Gasteiger partial charge in [0.1, 0.15) is 0 Å². The van der Waals surface area contributed by atoms with Crippen LogP contribution in [0.3, 0.4) is 0 Å². The molecule has 1 fully saturated rings. The van der Waals surface area contributed by atoms with Gasteiger partial charge in [-0.2, -0.15) is 0 Å². The zero-order valence-corrected chi connectivity index (χ0v) is 18.0. The molecule has 0 bridgehead atoms. The summed E-state index contributed by atoms with van der Waals surface area (Å²) < 4.78 is 0.259. The minimum absolute atomic E-state index is 0. The van der Waals surface area contributed by atoms with Crippen molar-refractivity contribution in [2.45, 2.75) is 62.6 Å². The third-order valence-corrected chi connectivity index (χ3v) is 5.32. The third kappa shape index (κ3) is 7.53. The molecule has 0 amide bonds. The zero-order chi connectivity index (χ0) is 16.0. The molecule has 1 atom stereocenters. The van der Waals surface area contributed by atoms with E-state index in [2.05, 4.69) is 62.2 Å². The van der Waals surface area contributed by atoms with Gasteiger partial charge in [0.05, 0.1) is 0 Å². The molecule has 0 spiro atoms. The largest absolute Gasteiger partial charge is 0.314 e. The van der Waals surface area contributed by atoms with Crippen LogP contribution >= 0.6 is 36.6 Å². The molecule has 1 saturated heterocycles. The van der Waals surface area contributed by atoms with Gasteiger partial charge in [0.25, 0.3) is 0 Å². The number of rotatable bonds is 6. The number of thioether (sulfide) groups is 1. The highest BCUT2D eigenvalue weighted by molar-refractivity contribution is 8.00. The van der Waals surface area contributed by atoms with Crippen LogP contribution in [0.4, 0.5) is 0 Å². The molecule has 24 heavy (non-hydrogen) atoms. The minimum Gasteiger partial charge on any atom is -0.314 e. The van der Waals surface area contributed by atoms with Gasteiger partial charge >= 0.3 is 0 Å². The molecule has 1 aliphatic heterocycles. The van der Waals surface area contributed by atoms with Crippen molar-refractivity contribution in [3.8, 4) is 0 Å². The number of halogens is 2. The average Bonchev–Trinajstić information content (AvgIpc) is 2.49. The van der Waals surface area contributed by atoms with Crippen LogP contribution in [0, 0.1) is 0 Å². The van der Waals surface area contributed by atoms with Crippen LogP contribution in [-0.4, -0.2) is 35.8 Å². The predicted octanol–water partition coefficient (Wildman–Crippen LogP) is 5.56. The molecular weight excluding hydrogens is 359 g/mol. The first-order chi connectivity index (χ1) is 10.5. The van der Waals surface area contributed by atoms with Gasteiger partial charge in [0, 0.05) is 41.9 Å². The maximum Gasteiger partial charge on any atom is 0.0360 e. The molecule has 2 nitrogen and oxygen atoms in total. The molecule has 2 rings (SSSR count). The zero-order valence-electron chi connectivity index (χ0n) is 15.5. The summed E-state index contributed by atoms with van der Waals surface area (Å²) in [6.45, 7) is 13.8. The van der Waals surface area contributed by atoms with E-state index in [1.807, 2.05) is 11.8 Å². The monoisotopic (exact) mass is 392 g/mol. The third-order valence-electron chi connectivity index (χ3n) is 4.12. The van der Waals surface area contributed by atoms with E-state index in [0.717, 1.165) is 13.1 Å². The molecule has 1 aliphatic rings. The van der Waals surface area contributed by atoms with Crippen molar-refractivity contribution in [3.63, 3.8) is 0 Å². The first-order valence-corrected chi connectivity index (χ1v) is 9.55. The van der Waals surface area contributed by atoms with Crippen LogP contribution in [0.15, 0.2) is 29.2 Å². The lowest BCUT2D eigenvalue weighted by Gasteiger charge is -2.36. The summed E-state index contributed by atoms with van der Waals surface area (Å²) >= 11 is 2.01. The second-order valence-corrected chi connectivity index (χ2v) is 9.06. The maximum absolute atomic E-state index is 3.48. The highest BCUT2D eigenvalue weighted by Gasteiger charge is 2.25.